The minimum atomic E-state index is 0.611. The molecule has 112 valence electrons. The summed E-state index contributed by atoms with van der Waals surface area (Å²) in [6.45, 7) is 6.77. The highest BCUT2D eigenvalue weighted by Crippen LogP contribution is 2.21. The Morgan fingerprint density at radius 3 is 2.65 bits per heavy atom. The largest absolute Gasteiger partial charge is 0.310 e. The maximum absolute atomic E-state index is 6.19. The van der Waals surface area contributed by atoms with E-state index in [-0.39, 0.29) is 0 Å². The average molecular weight is 315 g/mol. The van der Waals surface area contributed by atoms with Gasteiger partial charge in [0.05, 0.1) is 0 Å². The third-order valence-electron chi connectivity index (χ3n) is 4.01. The summed E-state index contributed by atoms with van der Waals surface area (Å²) in [7, 11) is 0. The quantitative estimate of drug-likeness (QED) is 0.840. The van der Waals surface area contributed by atoms with E-state index in [9.17, 15) is 0 Å². The number of nitrogens with zero attached hydrogens (tertiary/aromatic N) is 1. The van der Waals surface area contributed by atoms with Gasteiger partial charge in [-0.25, -0.2) is 0 Å². The van der Waals surface area contributed by atoms with Gasteiger partial charge >= 0.3 is 0 Å². The first-order chi connectivity index (χ1) is 9.69. The van der Waals surface area contributed by atoms with Crippen LogP contribution in [0, 0.1) is 0 Å². The van der Waals surface area contributed by atoms with E-state index >= 15 is 0 Å². The summed E-state index contributed by atoms with van der Waals surface area (Å²) < 4.78 is 0. The molecule has 1 aromatic rings. The lowest BCUT2D eigenvalue weighted by molar-refractivity contribution is 0.195. The molecule has 1 N–H and O–H groups in total. The van der Waals surface area contributed by atoms with Crippen molar-refractivity contribution in [3.05, 3.63) is 33.8 Å². The van der Waals surface area contributed by atoms with Gasteiger partial charge in [0.1, 0.15) is 0 Å². The van der Waals surface area contributed by atoms with E-state index in [4.69, 9.17) is 23.2 Å². The van der Waals surface area contributed by atoms with Crippen LogP contribution in [0.15, 0.2) is 18.2 Å². The van der Waals surface area contributed by atoms with Crippen LogP contribution in [-0.4, -0.2) is 30.6 Å². The maximum Gasteiger partial charge on any atom is 0.0465 e. The number of rotatable bonds is 6. The minimum absolute atomic E-state index is 0.611. The number of benzene rings is 1. The van der Waals surface area contributed by atoms with Crippen molar-refractivity contribution in [2.24, 2.45) is 0 Å². The monoisotopic (exact) mass is 314 g/mol. The molecule has 1 fully saturated rings. The van der Waals surface area contributed by atoms with Gasteiger partial charge in [0, 0.05) is 22.6 Å². The van der Waals surface area contributed by atoms with Crippen LogP contribution in [0.2, 0.25) is 10.0 Å². The lowest BCUT2D eigenvalue weighted by atomic mass is 10.0. The van der Waals surface area contributed by atoms with Crippen LogP contribution >= 0.6 is 23.2 Å². The first kappa shape index (κ1) is 16.1. The number of likely N-dealkylation sites (tertiary alicyclic amines) is 1. The number of hydrogen-bond acceptors (Lipinski definition) is 2. The minimum Gasteiger partial charge on any atom is -0.310 e. The fraction of sp³-hybridized carbons (Fsp3) is 0.625. The van der Waals surface area contributed by atoms with E-state index in [0.717, 1.165) is 17.1 Å². The maximum atomic E-state index is 6.19. The van der Waals surface area contributed by atoms with Gasteiger partial charge in [0.15, 0.2) is 0 Å². The third kappa shape index (κ3) is 4.92. The molecule has 2 rings (SSSR count). The number of nitrogens with one attached hydrogen (secondary N) is 1. The van der Waals surface area contributed by atoms with Crippen LogP contribution in [-0.2, 0) is 6.54 Å². The van der Waals surface area contributed by atoms with Crippen molar-refractivity contribution in [3.8, 4) is 0 Å². The average Bonchev–Trinajstić information content (AvgIpc) is 2.45. The van der Waals surface area contributed by atoms with Gasteiger partial charge in [-0.3, -0.25) is 0 Å². The normalized spacial score (nSPS) is 17.6. The van der Waals surface area contributed by atoms with Crippen molar-refractivity contribution in [3.63, 3.8) is 0 Å². The smallest absolute Gasteiger partial charge is 0.0465 e. The van der Waals surface area contributed by atoms with Gasteiger partial charge in [-0.15, -0.1) is 0 Å². The molecule has 0 aliphatic carbocycles. The second-order valence-corrected chi connectivity index (χ2v) is 6.43. The van der Waals surface area contributed by atoms with Crippen LogP contribution in [0.5, 0.6) is 0 Å². The van der Waals surface area contributed by atoms with E-state index in [1.165, 1.54) is 45.3 Å². The Labute approximate surface area is 132 Å². The summed E-state index contributed by atoms with van der Waals surface area (Å²) in [6, 6.07) is 6.33. The van der Waals surface area contributed by atoms with E-state index < -0.39 is 0 Å². The molecular formula is C16H24Cl2N2. The molecule has 1 saturated heterocycles. The Bertz CT molecular complexity index is 415. The number of hydrogen-bond donors (Lipinski definition) is 1. The molecule has 1 heterocycles. The molecule has 1 aliphatic rings. The van der Waals surface area contributed by atoms with Gasteiger partial charge in [-0.2, -0.15) is 0 Å². The Kier molecular flexibility index (Phi) is 6.63. The molecule has 0 unspecified atom stereocenters. The van der Waals surface area contributed by atoms with Crippen molar-refractivity contribution < 1.29 is 0 Å². The molecule has 0 radical (unpaired) electrons. The van der Waals surface area contributed by atoms with Crippen molar-refractivity contribution in [1.82, 2.24) is 10.2 Å². The van der Waals surface area contributed by atoms with Gasteiger partial charge in [-0.05, 0) is 56.6 Å². The molecule has 1 aliphatic heterocycles. The van der Waals surface area contributed by atoms with Gasteiger partial charge < -0.3 is 10.2 Å². The van der Waals surface area contributed by atoms with Gasteiger partial charge in [0.2, 0.25) is 0 Å². The summed E-state index contributed by atoms with van der Waals surface area (Å²) in [5.41, 5.74) is 1.13. The number of piperidine rings is 1. The summed E-state index contributed by atoms with van der Waals surface area (Å²) in [6.07, 6.45) is 5.07. The predicted octanol–water partition coefficient (Wildman–Crippen LogP) is 4.35. The van der Waals surface area contributed by atoms with Crippen LogP contribution in [0.3, 0.4) is 0 Å². The van der Waals surface area contributed by atoms with Crippen LogP contribution in [0.1, 0.15) is 38.2 Å². The molecule has 0 amide bonds. The van der Waals surface area contributed by atoms with Crippen LogP contribution in [0.4, 0.5) is 0 Å². The highest BCUT2D eigenvalue weighted by atomic mass is 35.5. The molecular weight excluding hydrogens is 291 g/mol. The van der Waals surface area contributed by atoms with Crippen molar-refractivity contribution >= 4 is 23.2 Å². The molecule has 0 atom stereocenters. The van der Waals surface area contributed by atoms with Crippen molar-refractivity contribution in [1.29, 1.82) is 0 Å². The predicted molar refractivity (Wildman–Crippen MR) is 87.7 cm³/mol. The first-order valence-electron chi connectivity index (χ1n) is 7.58. The standard InChI is InChI=1S/C16H24Cl2N2/c1-2-3-8-20-9-6-15(7-10-20)19-12-13-4-5-14(17)11-16(13)18/h4-5,11,15,19H,2-3,6-10,12H2,1H3. The Hall–Kier alpha value is -0.280. The number of halogens is 2. The first-order valence-corrected chi connectivity index (χ1v) is 8.34. The Morgan fingerprint density at radius 1 is 1.25 bits per heavy atom. The van der Waals surface area contributed by atoms with E-state index in [1.807, 2.05) is 18.2 Å². The second-order valence-electron chi connectivity index (χ2n) is 5.59. The SMILES string of the molecule is CCCCN1CCC(NCc2ccc(Cl)cc2Cl)CC1. The van der Waals surface area contributed by atoms with Gasteiger partial charge in [0.25, 0.3) is 0 Å². The Morgan fingerprint density at radius 2 is 2.00 bits per heavy atom. The Balaban J connectivity index is 1.73. The molecule has 0 saturated carbocycles. The zero-order valence-electron chi connectivity index (χ0n) is 12.2. The summed E-state index contributed by atoms with van der Waals surface area (Å²) in [4.78, 5) is 2.58. The fourth-order valence-electron chi connectivity index (χ4n) is 2.66. The highest BCUT2D eigenvalue weighted by Gasteiger charge is 2.18. The molecule has 0 bridgehead atoms. The molecule has 1 aromatic carbocycles. The third-order valence-corrected chi connectivity index (χ3v) is 4.60. The van der Waals surface area contributed by atoms with Crippen molar-refractivity contribution in [2.45, 2.75) is 45.2 Å². The van der Waals surface area contributed by atoms with Gasteiger partial charge in [-0.1, -0.05) is 42.6 Å². The topological polar surface area (TPSA) is 15.3 Å². The van der Waals surface area contributed by atoms with Crippen LogP contribution < -0.4 is 5.32 Å². The number of unbranched alkanes of at least 4 members (excludes halogenated alkanes) is 1. The summed E-state index contributed by atoms with van der Waals surface area (Å²) in [5.74, 6) is 0. The zero-order valence-corrected chi connectivity index (χ0v) is 13.7. The van der Waals surface area contributed by atoms with Crippen molar-refractivity contribution in [2.75, 3.05) is 19.6 Å². The fourth-order valence-corrected chi connectivity index (χ4v) is 3.14. The van der Waals surface area contributed by atoms with E-state index in [0.29, 0.717) is 11.1 Å². The molecule has 0 aromatic heterocycles. The molecule has 2 nitrogen and oxygen atoms in total. The molecule has 4 heteroatoms. The van der Waals surface area contributed by atoms with Crippen LogP contribution in [0.25, 0.3) is 0 Å². The molecule has 0 spiro atoms. The molecule has 20 heavy (non-hydrogen) atoms. The van der Waals surface area contributed by atoms with E-state index in [1.54, 1.807) is 0 Å². The van der Waals surface area contributed by atoms with E-state index in [2.05, 4.69) is 17.1 Å². The highest BCUT2D eigenvalue weighted by molar-refractivity contribution is 6.35. The lowest BCUT2D eigenvalue weighted by Crippen LogP contribution is -2.42. The second kappa shape index (κ2) is 8.23. The summed E-state index contributed by atoms with van der Waals surface area (Å²) in [5, 5.41) is 5.07. The lowest BCUT2D eigenvalue weighted by Gasteiger charge is -2.32. The zero-order chi connectivity index (χ0) is 14.4. The summed E-state index contributed by atoms with van der Waals surface area (Å²) >= 11 is 12.1.